The van der Waals surface area contributed by atoms with Crippen LogP contribution in [0, 0.1) is 40.4 Å². The van der Waals surface area contributed by atoms with Crippen LogP contribution in [0.3, 0.4) is 0 Å². The van der Waals surface area contributed by atoms with Gasteiger partial charge in [-0.1, -0.05) is 33.3 Å². The van der Waals surface area contributed by atoms with Gasteiger partial charge >= 0.3 is 11.9 Å². The van der Waals surface area contributed by atoms with Gasteiger partial charge in [-0.25, -0.2) is 4.79 Å². The first-order valence-corrected chi connectivity index (χ1v) is 12.2. The molecule has 0 radical (unpaired) electrons. The standard InChI is InChI=1S/C25H34O9/c1-6-10(2)20(29)34-17-16-12(4)18(27)25(31)22-23(5)13(11(3)7-14(26)19(23)28)8-15(33-21(17)30)24(16,22)9-32-25/h7,10,12-13,15-19,22,27-28,31H,6,8-9H2,1-5H3/t10-,12-,13+,15-,16-,17-,18-,19-,22-,23-,24+,25-/m1/s1. The van der Waals surface area contributed by atoms with Gasteiger partial charge in [0.2, 0.25) is 6.10 Å². The normalized spacial score (nSPS) is 52.2. The molecule has 3 N–H and O–H groups in total. The molecule has 2 aliphatic heterocycles. The van der Waals surface area contributed by atoms with Crippen molar-refractivity contribution >= 4 is 17.7 Å². The zero-order chi connectivity index (χ0) is 25.0. The molecule has 0 aromatic heterocycles. The highest BCUT2D eigenvalue weighted by atomic mass is 16.7. The number of aliphatic hydroxyl groups excluding tert-OH is 2. The smallest absolute Gasteiger partial charge is 0.348 e. The third-order valence-corrected chi connectivity index (χ3v) is 9.89. The minimum atomic E-state index is -2.06. The molecule has 12 atom stereocenters. The van der Waals surface area contributed by atoms with E-state index in [0.29, 0.717) is 12.8 Å². The zero-order valence-corrected chi connectivity index (χ0v) is 20.2. The Labute approximate surface area is 198 Å². The van der Waals surface area contributed by atoms with Crippen LogP contribution in [0.25, 0.3) is 0 Å². The second-order valence-electron chi connectivity index (χ2n) is 11.4. The van der Waals surface area contributed by atoms with E-state index in [-0.39, 0.29) is 12.5 Å². The van der Waals surface area contributed by atoms with Crippen molar-refractivity contribution in [3.8, 4) is 0 Å². The van der Waals surface area contributed by atoms with Gasteiger partial charge in [-0.15, -0.1) is 0 Å². The summed E-state index contributed by atoms with van der Waals surface area (Å²) in [6.45, 7) is 8.74. The monoisotopic (exact) mass is 478 g/mol. The average molecular weight is 479 g/mol. The molecule has 0 aromatic carbocycles. The van der Waals surface area contributed by atoms with Crippen LogP contribution in [-0.4, -0.2) is 69.9 Å². The van der Waals surface area contributed by atoms with Crippen molar-refractivity contribution in [3.63, 3.8) is 0 Å². The first-order chi connectivity index (χ1) is 15.8. The summed E-state index contributed by atoms with van der Waals surface area (Å²) in [5.41, 5.74) is -1.51. The van der Waals surface area contributed by atoms with Crippen LogP contribution >= 0.6 is 0 Å². The summed E-state index contributed by atoms with van der Waals surface area (Å²) < 4.78 is 17.6. The predicted molar refractivity (Wildman–Crippen MR) is 116 cm³/mol. The molecular formula is C25H34O9. The minimum absolute atomic E-state index is 0.0540. The van der Waals surface area contributed by atoms with Crippen molar-refractivity contribution in [2.75, 3.05) is 6.61 Å². The van der Waals surface area contributed by atoms with Gasteiger partial charge in [-0.3, -0.25) is 9.59 Å². The zero-order valence-electron chi connectivity index (χ0n) is 20.2. The van der Waals surface area contributed by atoms with E-state index in [1.165, 1.54) is 6.08 Å². The van der Waals surface area contributed by atoms with Gasteiger partial charge in [0.05, 0.1) is 12.5 Å². The lowest BCUT2D eigenvalue weighted by Gasteiger charge is -2.68. The Bertz CT molecular complexity index is 975. The van der Waals surface area contributed by atoms with Crippen molar-refractivity contribution in [2.45, 2.75) is 77.7 Å². The average Bonchev–Trinajstić information content (AvgIpc) is 3.08. The summed E-state index contributed by atoms with van der Waals surface area (Å²) in [7, 11) is 0. The Hall–Kier alpha value is -1.81. The predicted octanol–water partition coefficient (Wildman–Crippen LogP) is 0.734. The summed E-state index contributed by atoms with van der Waals surface area (Å²) in [5.74, 6) is -6.89. The number of carbonyl (C=O) groups is 3. The molecule has 2 saturated heterocycles. The maximum Gasteiger partial charge on any atom is 0.348 e. The Morgan fingerprint density at radius 2 is 2.00 bits per heavy atom. The fraction of sp³-hybridized carbons (Fsp3) is 0.800. The van der Waals surface area contributed by atoms with Crippen molar-refractivity contribution in [1.82, 2.24) is 0 Å². The molecule has 0 aromatic rings. The number of ketones is 1. The van der Waals surface area contributed by atoms with Gasteiger partial charge in [-0.2, -0.15) is 0 Å². The highest BCUT2D eigenvalue weighted by Gasteiger charge is 2.83. The largest absolute Gasteiger partial charge is 0.459 e. The van der Waals surface area contributed by atoms with Crippen molar-refractivity contribution < 1.29 is 43.9 Å². The maximum absolute atomic E-state index is 13.2. The molecule has 2 saturated carbocycles. The molecule has 2 bridgehead atoms. The van der Waals surface area contributed by atoms with Crippen LogP contribution in [0.1, 0.15) is 47.5 Å². The Kier molecular flexibility index (Phi) is 5.17. The van der Waals surface area contributed by atoms with Crippen molar-refractivity contribution in [2.24, 2.45) is 40.4 Å². The summed E-state index contributed by atoms with van der Waals surface area (Å²) in [4.78, 5) is 38.7. The van der Waals surface area contributed by atoms with E-state index in [0.717, 1.165) is 5.57 Å². The minimum Gasteiger partial charge on any atom is -0.459 e. The summed E-state index contributed by atoms with van der Waals surface area (Å²) in [5, 5.41) is 34.3. The summed E-state index contributed by atoms with van der Waals surface area (Å²) >= 11 is 0. The van der Waals surface area contributed by atoms with Crippen LogP contribution < -0.4 is 0 Å². The molecule has 34 heavy (non-hydrogen) atoms. The summed E-state index contributed by atoms with van der Waals surface area (Å²) in [6.07, 6.45) is -2.58. The Morgan fingerprint density at radius 3 is 2.65 bits per heavy atom. The molecule has 5 rings (SSSR count). The highest BCUT2D eigenvalue weighted by Crippen LogP contribution is 2.73. The first-order valence-electron chi connectivity index (χ1n) is 12.2. The van der Waals surface area contributed by atoms with E-state index in [4.69, 9.17) is 14.2 Å². The van der Waals surface area contributed by atoms with Crippen LogP contribution in [0.4, 0.5) is 0 Å². The van der Waals surface area contributed by atoms with E-state index in [1.54, 1.807) is 27.7 Å². The number of fused-ring (bicyclic) bond motifs is 1. The summed E-state index contributed by atoms with van der Waals surface area (Å²) in [6, 6.07) is 0. The molecule has 2 heterocycles. The number of esters is 2. The van der Waals surface area contributed by atoms with E-state index in [9.17, 15) is 29.7 Å². The molecule has 3 aliphatic carbocycles. The van der Waals surface area contributed by atoms with Gasteiger partial charge in [0.15, 0.2) is 11.6 Å². The lowest BCUT2D eigenvalue weighted by atomic mass is 9.38. The van der Waals surface area contributed by atoms with E-state index in [2.05, 4.69) is 0 Å². The third-order valence-electron chi connectivity index (χ3n) is 9.89. The fourth-order valence-electron chi connectivity index (χ4n) is 8.14. The molecule has 0 amide bonds. The van der Waals surface area contributed by atoms with E-state index in [1.807, 2.05) is 6.92 Å². The third kappa shape index (κ3) is 2.61. The molecule has 9 nitrogen and oxygen atoms in total. The van der Waals surface area contributed by atoms with Crippen LogP contribution in [-0.2, 0) is 28.6 Å². The van der Waals surface area contributed by atoms with E-state index < -0.39 is 82.4 Å². The van der Waals surface area contributed by atoms with Crippen LogP contribution in [0.15, 0.2) is 11.6 Å². The second-order valence-corrected chi connectivity index (χ2v) is 11.4. The topological polar surface area (TPSA) is 140 Å². The number of hydrogen-bond acceptors (Lipinski definition) is 9. The van der Waals surface area contributed by atoms with E-state index >= 15 is 0 Å². The molecule has 1 spiro atoms. The Balaban J connectivity index is 1.69. The maximum atomic E-state index is 13.2. The fourth-order valence-corrected chi connectivity index (χ4v) is 8.14. The lowest BCUT2D eigenvalue weighted by molar-refractivity contribution is -0.340. The first kappa shape index (κ1) is 23.9. The van der Waals surface area contributed by atoms with Crippen molar-refractivity contribution in [1.29, 1.82) is 0 Å². The number of aliphatic hydroxyl groups is 3. The molecule has 9 heteroatoms. The molecule has 0 unspecified atom stereocenters. The van der Waals surface area contributed by atoms with Crippen molar-refractivity contribution in [3.05, 3.63) is 11.6 Å². The quantitative estimate of drug-likeness (QED) is 0.501. The molecular weight excluding hydrogens is 444 g/mol. The molecule has 5 aliphatic rings. The van der Waals surface area contributed by atoms with Gasteiger partial charge in [0.25, 0.3) is 0 Å². The number of hydrogen-bond donors (Lipinski definition) is 3. The number of rotatable bonds is 3. The SMILES string of the molecule is CC[C@@H](C)C(=O)O[C@H]1C(=O)O[C@@H]2C[C@H]3C(C)=CC(=O)[C@@H](O)[C@]3(C)[C@H]3[C@]4(O)OC[C@]32[C@@H]1[C@@H](C)[C@H]4O. The highest BCUT2D eigenvalue weighted by molar-refractivity contribution is 5.96. The second kappa shape index (κ2) is 7.35. The van der Waals surface area contributed by atoms with Gasteiger partial charge in [-0.05, 0) is 37.7 Å². The number of carbonyl (C=O) groups excluding carboxylic acids is 3. The Morgan fingerprint density at radius 1 is 1.32 bits per heavy atom. The lowest BCUT2D eigenvalue weighted by Crippen LogP contribution is -2.78. The van der Waals surface area contributed by atoms with Crippen LogP contribution in [0.2, 0.25) is 0 Å². The molecule has 188 valence electrons. The van der Waals surface area contributed by atoms with Gasteiger partial charge in [0, 0.05) is 22.7 Å². The van der Waals surface area contributed by atoms with Crippen LogP contribution in [0.5, 0.6) is 0 Å². The molecule has 4 fully saturated rings. The number of allylic oxidation sites excluding steroid dienone is 1. The number of ether oxygens (including phenoxy) is 3. The van der Waals surface area contributed by atoms with Gasteiger partial charge in [0.1, 0.15) is 18.3 Å². The van der Waals surface area contributed by atoms with Gasteiger partial charge < -0.3 is 29.5 Å².